The molecule has 0 radical (unpaired) electrons. The fourth-order valence-electron chi connectivity index (χ4n) is 1.55. The Bertz CT molecular complexity index is 781. The van der Waals surface area contributed by atoms with Gasteiger partial charge in [-0.25, -0.2) is 9.82 Å². The average Bonchev–Trinajstić information content (AvgIpc) is 2.52. The van der Waals surface area contributed by atoms with E-state index in [-0.39, 0.29) is 10.6 Å². The van der Waals surface area contributed by atoms with Gasteiger partial charge in [-0.3, -0.25) is 9.59 Å². The molecule has 2 aromatic carbocycles. The first-order valence-electron chi connectivity index (χ1n) is 6.31. The molecule has 5 nitrogen and oxygen atoms in total. The van der Waals surface area contributed by atoms with Crippen molar-refractivity contribution >= 4 is 46.9 Å². The maximum absolute atomic E-state index is 13.3. The Morgan fingerprint density at radius 1 is 1.04 bits per heavy atom. The van der Waals surface area contributed by atoms with E-state index in [0.29, 0.717) is 10.7 Å². The first-order chi connectivity index (χ1) is 11.0. The molecule has 2 N–H and O–H groups in total. The number of carbonyl (C=O) groups excluding carboxylic acids is 2. The van der Waals surface area contributed by atoms with Crippen molar-refractivity contribution in [1.29, 1.82) is 0 Å². The summed E-state index contributed by atoms with van der Waals surface area (Å²) in [5, 5.41) is 6.41. The van der Waals surface area contributed by atoms with Crippen LogP contribution in [0.1, 0.15) is 5.56 Å². The molecule has 0 fully saturated rings. The fraction of sp³-hybridized carbons (Fsp3) is 0. The molecule has 8 heteroatoms. The largest absolute Gasteiger partial charge is 0.329 e. The third kappa shape index (κ3) is 4.77. The summed E-state index contributed by atoms with van der Waals surface area (Å²) in [4.78, 5) is 23.3. The second-order valence-corrected chi connectivity index (χ2v) is 5.12. The van der Waals surface area contributed by atoms with Crippen LogP contribution in [-0.4, -0.2) is 18.0 Å². The Morgan fingerprint density at radius 2 is 1.78 bits per heavy atom. The zero-order chi connectivity index (χ0) is 16.8. The molecule has 0 bridgehead atoms. The van der Waals surface area contributed by atoms with E-state index in [4.69, 9.17) is 23.2 Å². The lowest BCUT2D eigenvalue weighted by Gasteiger charge is -2.05. The predicted octanol–water partition coefficient (Wildman–Crippen LogP) is 3.22. The first kappa shape index (κ1) is 16.9. The van der Waals surface area contributed by atoms with Gasteiger partial charge >= 0.3 is 11.8 Å². The van der Waals surface area contributed by atoms with E-state index in [1.807, 2.05) is 5.43 Å². The molecule has 0 aliphatic rings. The maximum atomic E-state index is 13.3. The molecule has 0 aromatic heterocycles. The Balaban J connectivity index is 1.94. The standard InChI is InChI=1S/C15H10Cl2FN3O2/c16-11-6-5-10(7-12(11)17)20-14(22)15(23)21-19-8-9-3-1-2-4-13(9)18/h1-8H,(H,20,22)(H,21,23)/b19-8+. The number of hydrogen-bond donors (Lipinski definition) is 2. The lowest BCUT2D eigenvalue weighted by atomic mass is 10.2. The molecule has 0 saturated carbocycles. The van der Waals surface area contributed by atoms with E-state index in [0.717, 1.165) is 6.21 Å². The number of amides is 2. The summed E-state index contributed by atoms with van der Waals surface area (Å²) in [6.45, 7) is 0. The molecule has 0 unspecified atom stereocenters. The van der Waals surface area contributed by atoms with Gasteiger partial charge in [-0.2, -0.15) is 5.10 Å². The molecular formula is C15H10Cl2FN3O2. The lowest BCUT2D eigenvalue weighted by molar-refractivity contribution is -0.136. The van der Waals surface area contributed by atoms with Crippen molar-refractivity contribution in [2.45, 2.75) is 0 Å². The van der Waals surface area contributed by atoms with Crippen LogP contribution < -0.4 is 10.7 Å². The molecule has 0 heterocycles. The number of anilines is 1. The maximum Gasteiger partial charge on any atom is 0.329 e. The second kappa shape index (κ2) is 7.71. The number of nitrogens with one attached hydrogen (secondary N) is 2. The topological polar surface area (TPSA) is 70.6 Å². The molecule has 0 aliphatic carbocycles. The van der Waals surface area contributed by atoms with E-state index >= 15 is 0 Å². The number of hydrazone groups is 1. The SMILES string of the molecule is O=C(N/N=C/c1ccccc1F)C(=O)Nc1ccc(Cl)c(Cl)c1. The van der Waals surface area contributed by atoms with Crippen LogP contribution in [0, 0.1) is 5.82 Å². The summed E-state index contributed by atoms with van der Waals surface area (Å²) in [5.74, 6) is -2.46. The van der Waals surface area contributed by atoms with Crippen molar-refractivity contribution in [3.63, 3.8) is 0 Å². The van der Waals surface area contributed by atoms with Crippen LogP contribution in [0.25, 0.3) is 0 Å². The summed E-state index contributed by atoms with van der Waals surface area (Å²) in [6, 6.07) is 10.2. The Morgan fingerprint density at radius 3 is 2.48 bits per heavy atom. The lowest BCUT2D eigenvalue weighted by Crippen LogP contribution is -2.32. The zero-order valence-electron chi connectivity index (χ0n) is 11.5. The Hall–Kier alpha value is -2.44. The van der Waals surface area contributed by atoms with Gasteiger partial charge in [-0.05, 0) is 24.3 Å². The number of halogens is 3. The molecule has 2 aromatic rings. The van der Waals surface area contributed by atoms with E-state index in [2.05, 4.69) is 10.4 Å². The van der Waals surface area contributed by atoms with Crippen LogP contribution >= 0.6 is 23.2 Å². The van der Waals surface area contributed by atoms with Gasteiger partial charge in [-0.15, -0.1) is 0 Å². The van der Waals surface area contributed by atoms with Crippen molar-refractivity contribution in [3.05, 3.63) is 63.9 Å². The first-order valence-corrected chi connectivity index (χ1v) is 7.07. The third-order valence-electron chi connectivity index (χ3n) is 2.66. The van der Waals surface area contributed by atoms with Crippen molar-refractivity contribution in [2.75, 3.05) is 5.32 Å². The number of carbonyl (C=O) groups is 2. The minimum Gasteiger partial charge on any atom is -0.318 e. The van der Waals surface area contributed by atoms with Crippen molar-refractivity contribution in [1.82, 2.24) is 5.43 Å². The summed E-state index contributed by atoms with van der Waals surface area (Å²) in [7, 11) is 0. The highest BCUT2D eigenvalue weighted by atomic mass is 35.5. The van der Waals surface area contributed by atoms with Gasteiger partial charge in [0, 0.05) is 11.3 Å². The zero-order valence-corrected chi connectivity index (χ0v) is 13.0. The van der Waals surface area contributed by atoms with Gasteiger partial charge in [-0.1, -0.05) is 41.4 Å². The molecule has 0 saturated heterocycles. The normalized spacial score (nSPS) is 10.6. The van der Waals surface area contributed by atoms with Crippen LogP contribution in [0.4, 0.5) is 10.1 Å². The molecule has 2 rings (SSSR count). The molecule has 2 amide bonds. The molecule has 0 spiro atoms. The third-order valence-corrected chi connectivity index (χ3v) is 3.40. The Kier molecular flexibility index (Phi) is 5.67. The van der Waals surface area contributed by atoms with Gasteiger partial charge in [0.05, 0.1) is 16.3 Å². The fourth-order valence-corrected chi connectivity index (χ4v) is 1.85. The van der Waals surface area contributed by atoms with Gasteiger partial charge < -0.3 is 5.32 Å². The van der Waals surface area contributed by atoms with Gasteiger partial charge in [0.15, 0.2) is 0 Å². The van der Waals surface area contributed by atoms with Crippen LogP contribution in [0.3, 0.4) is 0 Å². The van der Waals surface area contributed by atoms with Crippen LogP contribution in [0.2, 0.25) is 10.0 Å². The van der Waals surface area contributed by atoms with Gasteiger partial charge in [0.25, 0.3) is 0 Å². The van der Waals surface area contributed by atoms with Crippen molar-refractivity contribution in [2.24, 2.45) is 5.10 Å². The quantitative estimate of drug-likeness (QED) is 0.505. The minimum absolute atomic E-state index is 0.178. The molecular weight excluding hydrogens is 344 g/mol. The van der Waals surface area contributed by atoms with Gasteiger partial charge in [0.1, 0.15) is 5.82 Å². The molecule has 0 atom stereocenters. The number of nitrogens with zero attached hydrogens (tertiary/aromatic N) is 1. The van der Waals surface area contributed by atoms with E-state index in [1.54, 1.807) is 6.07 Å². The summed E-state index contributed by atoms with van der Waals surface area (Å²) < 4.78 is 13.3. The van der Waals surface area contributed by atoms with E-state index in [1.165, 1.54) is 36.4 Å². The highest BCUT2D eigenvalue weighted by molar-refractivity contribution is 6.42. The smallest absolute Gasteiger partial charge is 0.318 e. The van der Waals surface area contributed by atoms with Crippen LogP contribution in [0.5, 0.6) is 0 Å². The van der Waals surface area contributed by atoms with Crippen LogP contribution in [0.15, 0.2) is 47.6 Å². The number of rotatable bonds is 3. The number of hydrogen-bond acceptors (Lipinski definition) is 3. The average molecular weight is 354 g/mol. The van der Waals surface area contributed by atoms with Crippen LogP contribution in [-0.2, 0) is 9.59 Å². The molecule has 118 valence electrons. The Labute approximate surface area is 141 Å². The van der Waals surface area contributed by atoms with E-state index in [9.17, 15) is 14.0 Å². The number of benzene rings is 2. The van der Waals surface area contributed by atoms with Crippen molar-refractivity contribution < 1.29 is 14.0 Å². The molecule has 23 heavy (non-hydrogen) atoms. The summed E-state index contributed by atoms with van der Waals surface area (Å²) >= 11 is 11.5. The van der Waals surface area contributed by atoms with E-state index < -0.39 is 17.6 Å². The predicted molar refractivity (Wildman–Crippen MR) is 87.2 cm³/mol. The highest BCUT2D eigenvalue weighted by Gasteiger charge is 2.13. The van der Waals surface area contributed by atoms with Gasteiger partial charge in [0.2, 0.25) is 0 Å². The monoisotopic (exact) mass is 353 g/mol. The molecule has 0 aliphatic heterocycles. The summed E-state index contributed by atoms with van der Waals surface area (Å²) in [5.41, 5.74) is 2.48. The summed E-state index contributed by atoms with van der Waals surface area (Å²) in [6.07, 6.45) is 1.10. The second-order valence-electron chi connectivity index (χ2n) is 4.30. The highest BCUT2D eigenvalue weighted by Crippen LogP contribution is 2.24. The minimum atomic E-state index is -1.01. The van der Waals surface area contributed by atoms with Crippen molar-refractivity contribution in [3.8, 4) is 0 Å².